The van der Waals surface area contributed by atoms with Crippen LogP contribution in [0.25, 0.3) is 0 Å². The first-order chi connectivity index (χ1) is 9.16. The standard InChI is InChI=1S/C18H21N/c1-13-3-7-15(8-4-13)18(11-17(18)12-19)16-9-5-14(2)6-10-16/h3-10,17H,11-12,19H2,1-2H3. The van der Waals surface area contributed by atoms with Gasteiger partial charge in [-0.05, 0) is 43.9 Å². The van der Waals surface area contributed by atoms with Gasteiger partial charge >= 0.3 is 0 Å². The predicted molar refractivity (Wildman–Crippen MR) is 80.3 cm³/mol. The third-order valence-corrected chi connectivity index (χ3v) is 4.52. The normalized spacial score (nSPS) is 20.3. The van der Waals surface area contributed by atoms with Crippen molar-refractivity contribution in [3.05, 3.63) is 70.8 Å². The minimum Gasteiger partial charge on any atom is -0.330 e. The van der Waals surface area contributed by atoms with Crippen molar-refractivity contribution in [1.29, 1.82) is 0 Å². The van der Waals surface area contributed by atoms with E-state index in [1.165, 1.54) is 28.7 Å². The predicted octanol–water partition coefficient (Wildman–Crippen LogP) is 3.57. The maximum absolute atomic E-state index is 5.94. The lowest BCUT2D eigenvalue weighted by Gasteiger charge is -2.19. The molecule has 1 saturated carbocycles. The number of benzene rings is 2. The topological polar surface area (TPSA) is 26.0 Å². The monoisotopic (exact) mass is 251 g/mol. The smallest absolute Gasteiger partial charge is 0.0247 e. The molecule has 0 spiro atoms. The zero-order valence-electron chi connectivity index (χ0n) is 11.7. The molecule has 0 heterocycles. The Labute approximate surface area is 115 Å². The van der Waals surface area contributed by atoms with Gasteiger partial charge in [0.15, 0.2) is 0 Å². The molecule has 0 radical (unpaired) electrons. The van der Waals surface area contributed by atoms with Crippen LogP contribution in [0.15, 0.2) is 48.5 Å². The van der Waals surface area contributed by atoms with Gasteiger partial charge in [0, 0.05) is 5.41 Å². The molecular weight excluding hydrogens is 230 g/mol. The van der Waals surface area contributed by atoms with Gasteiger partial charge in [0.2, 0.25) is 0 Å². The fraction of sp³-hybridized carbons (Fsp3) is 0.333. The van der Waals surface area contributed by atoms with Crippen LogP contribution < -0.4 is 5.73 Å². The van der Waals surface area contributed by atoms with E-state index in [0.717, 1.165) is 6.54 Å². The van der Waals surface area contributed by atoms with Crippen LogP contribution in [0.4, 0.5) is 0 Å². The van der Waals surface area contributed by atoms with Crippen molar-refractivity contribution in [2.45, 2.75) is 25.7 Å². The molecule has 3 rings (SSSR count). The highest BCUT2D eigenvalue weighted by Gasteiger charge is 2.55. The lowest BCUT2D eigenvalue weighted by Crippen LogP contribution is -2.17. The average Bonchev–Trinajstić information content (AvgIpc) is 3.16. The summed E-state index contributed by atoms with van der Waals surface area (Å²) in [6.07, 6.45) is 1.18. The third kappa shape index (κ3) is 1.98. The van der Waals surface area contributed by atoms with Gasteiger partial charge in [0.05, 0.1) is 0 Å². The van der Waals surface area contributed by atoms with E-state index >= 15 is 0 Å². The first-order valence-corrected chi connectivity index (χ1v) is 7.01. The second kappa shape index (κ2) is 4.50. The van der Waals surface area contributed by atoms with Crippen molar-refractivity contribution in [2.24, 2.45) is 11.7 Å². The van der Waals surface area contributed by atoms with Crippen molar-refractivity contribution < 1.29 is 0 Å². The molecule has 1 nitrogen and oxygen atoms in total. The molecule has 0 aromatic heterocycles. The maximum Gasteiger partial charge on any atom is 0.0247 e. The number of nitrogens with two attached hydrogens (primary N) is 1. The van der Waals surface area contributed by atoms with Gasteiger partial charge in [-0.1, -0.05) is 59.7 Å². The van der Waals surface area contributed by atoms with E-state index in [9.17, 15) is 0 Å². The van der Waals surface area contributed by atoms with Gasteiger partial charge in [0.1, 0.15) is 0 Å². The largest absolute Gasteiger partial charge is 0.330 e. The van der Waals surface area contributed by atoms with E-state index in [4.69, 9.17) is 5.73 Å². The summed E-state index contributed by atoms with van der Waals surface area (Å²) in [6.45, 7) is 5.03. The van der Waals surface area contributed by atoms with Crippen molar-refractivity contribution >= 4 is 0 Å². The van der Waals surface area contributed by atoms with Gasteiger partial charge in [-0.25, -0.2) is 0 Å². The molecule has 1 fully saturated rings. The van der Waals surface area contributed by atoms with E-state index in [2.05, 4.69) is 62.4 Å². The summed E-state index contributed by atoms with van der Waals surface area (Å²) in [4.78, 5) is 0. The first kappa shape index (κ1) is 12.4. The molecule has 0 amide bonds. The number of hydrogen-bond acceptors (Lipinski definition) is 1. The summed E-state index contributed by atoms with van der Waals surface area (Å²) in [5, 5.41) is 0. The van der Waals surface area contributed by atoms with Gasteiger partial charge in [0.25, 0.3) is 0 Å². The van der Waals surface area contributed by atoms with E-state index in [0.29, 0.717) is 5.92 Å². The molecule has 0 aliphatic heterocycles. The van der Waals surface area contributed by atoms with Gasteiger partial charge < -0.3 is 5.73 Å². The Balaban J connectivity index is 2.05. The molecule has 1 atom stereocenters. The Kier molecular flexibility index (Phi) is 2.94. The Morgan fingerprint density at radius 2 is 1.32 bits per heavy atom. The second-order valence-electron chi connectivity index (χ2n) is 5.84. The molecular formula is C18H21N. The molecule has 1 aliphatic carbocycles. The summed E-state index contributed by atoms with van der Waals surface area (Å²) >= 11 is 0. The Morgan fingerprint density at radius 3 is 1.63 bits per heavy atom. The van der Waals surface area contributed by atoms with E-state index in [-0.39, 0.29) is 5.41 Å². The molecule has 2 aromatic rings. The molecule has 2 aromatic carbocycles. The number of hydrogen-bond donors (Lipinski definition) is 1. The SMILES string of the molecule is Cc1ccc(C2(c3ccc(C)cc3)CC2CN)cc1. The molecule has 1 aliphatic rings. The molecule has 19 heavy (non-hydrogen) atoms. The van der Waals surface area contributed by atoms with Crippen molar-refractivity contribution in [3.8, 4) is 0 Å². The molecule has 0 bridgehead atoms. The van der Waals surface area contributed by atoms with Crippen LogP contribution in [0.2, 0.25) is 0 Å². The summed E-state index contributed by atoms with van der Waals surface area (Å²) < 4.78 is 0. The van der Waals surface area contributed by atoms with Crippen molar-refractivity contribution in [3.63, 3.8) is 0 Å². The Bertz CT molecular complexity index is 520. The highest BCUT2D eigenvalue weighted by atomic mass is 14.7. The highest BCUT2D eigenvalue weighted by Crippen LogP contribution is 2.58. The van der Waals surface area contributed by atoms with Crippen molar-refractivity contribution in [2.75, 3.05) is 6.54 Å². The van der Waals surface area contributed by atoms with Gasteiger partial charge in [-0.15, -0.1) is 0 Å². The van der Waals surface area contributed by atoms with E-state index in [1.54, 1.807) is 0 Å². The van der Waals surface area contributed by atoms with Crippen LogP contribution in [0.1, 0.15) is 28.7 Å². The minimum atomic E-state index is 0.163. The maximum atomic E-state index is 5.94. The first-order valence-electron chi connectivity index (χ1n) is 7.01. The van der Waals surface area contributed by atoms with Crippen LogP contribution in [0, 0.1) is 19.8 Å². The number of rotatable bonds is 3. The summed E-state index contributed by atoms with van der Waals surface area (Å²) in [6, 6.07) is 17.9. The van der Waals surface area contributed by atoms with Gasteiger partial charge in [-0.3, -0.25) is 0 Å². The number of aryl methyl sites for hydroxylation is 2. The molecule has 1 heteroatoms. The lowest BCUT2D eigenvalue weighted by molar-refractivity contribution is 0.703. The lowest BCUT2D eigenvalue weighted by atomic mass is 9.85. The molecule has 98 valence electrons. The molecule has 0 saturated heterocycles. The van der Waals surface area contributed by atoms with Crippen LogP contribution in [0.3, 0.4) is 0 Å². The van der Waals surface area contributed by atoms with Crippen LogP contribution in [0.5, 0.6) is 0 Å². The third-order valence-electron chi connectivity index (χ3n) is 4.52. The zero-order chi connectivity index (χ0) is 13.5. The highest BCUT2D eigenvalue weighted by molar-refractivity contribution is 5.48. The quantitative estimate of drug-likeness (QED) is 0.886. The van der Waals surface area contributed by atoms with E-state index in [1.807, 2.05) is 0 Å². The van der Waals surface area contributed by atoms with E-state index < -0.39 is 0 Å². The van der Waals surface area contributed by atoms with Gasteiger partial charge in [-0.2, -0.15) is 0 Å². The summed E-state index contributed by atoms with van der Waals surface area (Å²) in [7, 11) is 0. The Hall–Kier alpha value is -1.60. The summed E-state index contributed by atoms with van der Waals surface area (Å²) in [5.74, 6) is 0.581. The van der Waals surface area contributed by atoms with Crippen LogP contribution in [-0.2, 0) is 5.41 Å². The Morgan fingerprint density at radius 1 is 0.895 bits per heavy atom. The fourth-order valence-corrected chi connectivity index (χ4v) is 3.19. The molecule has 1 unspecified atom stereocenters. The second-order valence-corrected chi connectivity index (χ2v) is 5.84. The molecule has 2 N–H and O–H groups in total. The minimum absolute atomic E-state index is 0.163. The fourth-order valence-electron chi connectivity index (χ4n) is 3.19. The zero-order valence-corrected chi connectivity index (χ0v) is 11.7. The van der Waals surface area contributed by atoms with Crippen molar-refractivity contribution in [1.82, 2.24) is 0 Å². The van der Waals surface area contributed by atoms with Crippen LogP contribution in [-0.4, -0.2) is 6.54 Å². The van der Waals surface area contributed by atoms with Crippen LogP contribution >= 0.6 is 0 Å². The average molecular weight is 251 g/mol. The summed E-state index contributed by atoms with van der Waals surface area (Å²) in [5.41, 5.74) is 11.6.